The van der Waals surface area contributed by atoms with Gasteiger partial charge in [-0.15, -0.1) is 0 Å². The second-order valence-corrected chi connectivity index (χ2v) is 5.67. The minimum atomic E-state index is -0.663. The number of esters is 1. The molecule has 7 heteroatoms. The average molecular weight is 334 g/mol. The van der Waals surface area contributed by atoms with Crippen molar-refractivity contribution < 1.29 is 23.9 Å². The van der Waals surface area contributed by atoms with Crippen molar-refractivity contribution in [3.05, 3.63) is 35.9 Å². The van der Waals surface area contributed by atoms with E-state index in [0.717, 1.165) is 5.56 Å². The number of nitrogens with one attached hydrogen (secondary N) is 1. The largest absolute Gasteiger partial charge is 0.458 e. The lowest BCUT2D eigenvalue weighted by Crippen LogP contribution is -2.34. The molecule has 0 radical (unpaired) electrons. The summed E-state index contributed by atoms with van der Waals surface area (Å²) in [6.45, 7) is 3.16. The van der Waals surface area contributed by atoms with Crippen molar-refractivity contribution in [1.29, 1.82) is 0 Å². The molecule has 1 N–H and O–H groups in total. The van der Waals surface area contributed by atoms with Gasteiger partial charge in [-0.2, -0.15) is 0 Å². The second kappa shape index (κ2) is 7.92. The van der Waals surface area contributed by atoms with Crippen LogP contribution in [0.5, 0.6) is 0 Å². The van der Waals surface area contributed by atoms with E-state index in [1.54, 1.807) is 0 Å². The summed E-state index contributed by atoms with van der Waals surface area (Å²) in [6.07, 6.45) is -0.663. The zero-order chi connectivity index (χ0) is 17.7. The molecule has 2 rings (SSSR count). The quantitative estimate of drug-likeness (QED) is 0.579. The first-order chi connectivity index (χ1) is 11.5. The van der Waals surface area contributed by atoms with Crippen molar-refractivity contribution in [2.24, 2.45) is 0 Å². The lowest BCUT2D eigenvalue weighted by Gasteiger charge is -2.15. The number of benzene rings is 1. The second-order valence-electron chi connectivity index (χ2n) is 5.67. The summed E-state index contributed by atoms with van der Waals surface area (Å²) < 4.78 is 10.2. The molecule has 2 amide bonds. The molecule has 0 aromatic heterocycles. The smallest absolute Gasteiger partial charge is 0.303 e. The fourth-order valence-corrected chi connectivity index (χ4v) is 2.79. The number of rotatable bonds is 7. The average Bonchev–Trinajstić information content (AvgIpc) is 3.28. The van der Waals surface area contributed by atoms with E-state index < -0.39 is 24.2 Å². The normalized spacial score (nSPS) is 20.2. The van der Waals surface area contributed by atoms with Gasteiger partial charge in [0.1, 0.15) is 18.2 Å². The molecular weight excluding hydrogens is 312 g/mol. The highest BCUT2D eigenvalue weighted by molar-refractivity contribution is 5.93. The number of carbonyl (C=O) groups excluding carboxylic acids is 3. The van der Waals surface area contributed by atoms with Crippen molar-refractivity contribution >= 4 is 17.8 Å². The van der Waals surface area contributed by atoms with Gasteiger partial charge < -0.3 is 19.7 Å². The van der Waals surface area contributed by atoms with Crippen molar-refractivity contribution in [1.82, 2.24) is 10.2 Å². The third-order valence-corrected chi connectivity index (χ3v) is 3.83. The monoisotopic (exact) mass is 334 g/mol. The van der Waals surface area contributed by atoms with Crippen LogP contribution in [0.2, 0.25) is 0 Å². The van der Waals surface area contributed by atoms with Crippen molar-refractivity contribution in [2.45, 2.75) is 38.6 Å². The Kier molecular flexibility index (Phi) is 5.92. The summed E-state index contributed by atoms with van der Waals surface area (Å²) in [6, 6.07) is 8.33. The summed E-state index contributed by atoms with van der Waals surface area (Å²) >= 11 is 0. The Labute approximate surface area is 140 Å². The molecule has 3 atom stereocenters. The Balaban J connectivity index is 2.02. The van der Waals surface area contributed by atoms with Crippen LogP contribution < -0.4 is 5.32 Å². The van der Waals surface area contributed by atoms with E-state index in [-0.39, 0.29) is 18.4 Å². The predicted octanol–water partition coefficient (Wildman–Crippen LogP) is 0.480. The van der Waals surface area contributed by atoms with Crippen LogP contribution >= 0.6 is 0 Å². The van der Waals surface area contributed by atoms with E-state index in [9.17, 15) is 14.4 Å². The van der Waals surface area contributed by atoms with Gasteiger partial charge in [0.05, 0.1) is 6.61 Å². The van der Waals surface area contributed by atoms with Crippen LogP contribution in [0.15, 0.2) is 30.3 Å². The molecule has 0 bridgehead atoms. The van der Waals surface area contributed by atoms with E-state index in [1.807, 2.05) is 30.3 Å². The molecule has 1 heterocycles. The van der Waals surface area contributed by atoms with Gasteiger partial charge >= 0.3 is 5.97 Å². The van der Waals surface area contributed by atoms with E-state index in [2.05, 4.69) is 5.32 Å². The van der Waals surface area contributed by atoms with Crippen molar-refractivity contribution in [3.63, 3.8) is 0 Å². The maximum absolute atomic E-state index is 12.4. The highest BCUT2D eigenvalue weighted by Gasteiger charge is 2.59. The van der Waals surface area contributed by atoms with Crippen LogP contribution in [0.1, 0.15) is 19.4 Å². The summed E-state index contributed by atoms with van der Waals surface area (Å²) in [4.78, 5) is 36.8. The Hall–Kier alpha value is -2.41. The molecule has 1 fully saturated rings. The SMILES string of the molecule is COC[C@@H](OC(C)=O)[C@H]1[C@@H](C(=O)NCc2ccccc2)N1C(C)=O. The first kappa shape index (κ1) is 17.9. The number of methoxy groups -OCH3 is 1. The maximum Gasteiger partial charge on any atom is 0.303 e. The molecule has 0 saturated carbocycles. The van der Waals surface area contributed by atoms with Gasteiger partial charge in [-0.25, -0.2) is 0 Å². The minimum absolute atomic E-state index is 0.122. The maximum atomic E-state index is 12.4. The summed E-state index contributed by atoms with van der Waals surface area (Å²) in [5, 5.41) is 2.81. The Morgan fingerprint density at radius 2 is 1.88 bits per heavy atom. The van der Waals surface area contributed by atoms with E-state index in [4.69, 9.17) is 9.47 Å². The molecule has 1 aliphatic heterocycles. The van der Waals surface area contributed by atoms with E-state index >= 15 is 0 Å². The standard InChI is InChI=1S/C17H22N2O5/c1-11(20)19-15(14(10-23-3)24-12(2)21)16(19)17(22)18-9-13-7-5-4-6-8-13/h4-8,14-16H,9-10H2,1-3H3,(H,18,22)/t14-,15+,16+,19?/m1/s1. The molecule has 1 aliphatic rings. The Morgan fingerprint density at radius 1 is 1.21 bits per heavy atom. The number of carbonyl (C=O) groups is 3. The van der Waals surface area contributed by atoms with Gasteiger partial charge in [0.2, 0.25) is 11.8 Å². The van der Waals surface area contributed by atoms with Gasteiger partial charge in [-0.05, 0) is 5.56 Å². The summed E-state index contributed by atoms with van der Waals surface area (Å²) in [5.41, 5.74) is 0.964. The zero-order valence-electron chi connectivity index (χ0n) is 14.0. The van der Waals surface area contributed by atoms with E-state index in [1.165, 1.54) is 25.9 Å². The third kappa shape index (κ3) is 4.32. The van der Waals surface area contributed by atoms with Gasteiger partial charge in [-0.1, -0.05) is 30.3 Å². The number of ether oxygens (including phenoxy) is 2. The Morgan fingerprint density at radius 3 is 2.42 bits per heavy atom. The van der Waals surface area contributed by atoms with Crippen LogP contribution in [-0.4, -0.2) is 54.6 Å². The Bertz CT molecular complexity index is 604. The minimum Gasteiger partial charge on any atom is -0.458 e. The van der Waals surface area contributed by atoms with Crippen molar-refractivity contribution in [3.8, 4) is 0 Å². The summed E-state index contributed by atoms with van der Waals surface area (Å²) in [7, 11) is 1.47. The van der Waals surface area contributed by atoms with Crippen LogP contribution in [0.4, 0.5) is 0 Å². The lowest BCUT2D eigenvalue weighted by atomic mass is 10.2. The molecule has 1 aromatic rings. The molecular formula is C17H22N2O5. The third-order valence-electron chi connectivity index (χ3n) is 3.83. The predicted molar refractivity (Wildman–Crippen MR) is 85.8 cm³/mol. The molecule has 0 unspecified atom stereocenters. The number of hydrogen-bond acceptors (Lipinski definition) is 5. The first-order valence-corrected chi connectivity index (χ1v) is 7.72. The lowest BCUT2D eigenvalue weighted by molar-refractivity contribution is -0.150. The van der Waals surface area contributed by atoms with Gasteiger partial charge in [0, 0.05) is 27.5 Å². The highest BCUT2D eigenvalue weighted by Crippen LogP contribution is 2.33. The fraction of sp³-hybridized carbons (Fsp3) is 0.471. The van der Waals surface area contributed by atoms with Crippen molar-refractivity contribution in [2.75, 3.05) is 13.7 Å². The number of hydrogen-bond donors (Lipinski definition) is 1. The highest BCUT2D eigenvalue weighted by atomic mass is 16.6. The molecule has 1 saturated heterocycles. The first-order valence-electron chi connectivity index (χ1n) is 7.72. The van der Waals surface area contributed by atoms with Gasteiger partial charge in [0.15, 0.2) is 0 Å². The molecule has 7 nitrogen and oxygen atoms in total. The fourth-order valence-electron chi connectivity index (χ4n) is 2.79. The molecule has 0 spiro atoms. The summed E-state index contributed by atoms with van der Waals surface area (Å²) in [5.74, 6) is -0.990. The zero-order valence-corrected chi connectivity index (χ0v) is 14.0. The van der Waals surface area contributed by atoms with Crippen LogP contribution in [0.25, 0.3) is 0 Å². The van der Waals surface area contributed by atoms with Gasteiger partial charge in [-0.3, -0.25) is 14.4 Å². The number of nitrogens with zero attached hydrogens (tertiary/aromatic N) is 1. The molecule has 24 heavy (non-hydrogen) atoms. The van der Waals surface area contributed by atoms with Crippen LogP contribution in [0.3, 0.4) is 0 Å². The topological polar surface area (TPSA) is 84.7 Å². The molecule has 0 aliphatic carbocycles. The van der Waals surface area contributed by atoms with Gasteiger partial charge in [0.25, 0.3) is 0 Å². The number of amides is 2. The molecule has 130 valence electrons. The van der Waals surface area contributed by atoms with Crippen LogP contribution in [-0.2, 0) is 30.4 Å². The van der Waals surface area contributed by atoms with Crippen LogP contribution in [0, 0.1) is 0 Å². The molecule has 1 aromatic carbocycles. The van der Waals surface area contributed by atoms with E-state index in [0.29, 0.717) is 6.54 Å².